The minimum Gasteiger partial charge on any atom is -0.452 e. The molecule has 1 amide bonds. The van der Waals surface area contributed by atoms with Crippen molar-refractivity contribution in [3.63, 3.8) is 0 Å². The van der Waals surface area contributed by atoms with Gasteiger partial charge in [-0.1, -0.05) is 62.4 Å². The third-order valence-electron chi connectivity index (χ3n) is 3.85. The van der Waals surface area contributed by atoms with Gasteiger partial charge in [-0.15, -0.1) is 0 Å². The van der Waals surface area contributed by atoms with Gasteiger partial charge >= 0.3 is 5.97 Å². The summed E-state index contributed by atoms with van der Waals surface area (Å²) in [5, 5.41) is 2.76. The summed E-state index contributed by atoms with van der Waals surface area (Å²) in [7, 11) is 0. The van der Waals surface area contributed by atoms with Crippen LogP contribution in [0.4, 0.5) is 0 Å². The molecular formula is C21H25NO3. The fourth-order valence-corrected chi connectivity index (χ4v) is 2.45. The molecule has 0 saturated carbocycles. The zero-order valence-corrected chi connectivity index (χ0v) is 14.8. The van der Waals surface area contributed by atoms with Crippen LogP contribution >= 0.6 is 0 Å². The number of hydrogen-bond donors (Lipinski definition) is 1. The smallest absolute Gasteiger partial charge is 0.338 e. The largest absolute Gasteiger partial charge is 0.452 e. The molecule has 2 rings (SSSR count). The lowest BCUT2D eigenvalue weighted by Gasteiger charge is -2.10. The van der Waals surface area contributed by atoms with Crippen molar-refractivity contribution in [3.05, 3.63) is 71.3 Å². The summed E-state index contributed by atoms with van der Waals surface area (Å²) < 4.78 is 5.17. The van der Waals surface area contributed by atoms with Gasteiger partial charge in [-0.2, -0.15) is 0 Å². The molecule has 2 aromatic rings. The van der Waals surface area contributed by atoms with Crippen molar-refractivity contribution in [3.8, 4) is 0 Å². The summed E-state index contributed by atoms with van der Waals surface area (Å²) in [4.78, 5) is 24.1. The average molecular weight is 339 g/mol. The number of esters is 1. The first-order valence-electron chi connectivity index (χ1n) is 8.62. The van der Waals surface area contributed by atoms with Crippen LogP contribution in [-0.4, -0.2) is 25.0 Å². The lowest BCUT2D eigenvalue weighted by atomic mass is 10.00. The standard InChI is InChI=1S/C21H25NO3/c1-16(2)12-13-22-20(23)15-25-21(24)19-11-7-6-10-18(19)14-17-8-4-3-5-9-17/h3-11,16H,12-15H2,1-2H3,(H,22,23). The summed E-state index contributed by atoms with van der Waals surface area (Å²) in [6.45, 7) is 4.53. The molecule has 0 bridgehead atoms. The zero-order chi connectivity index (χ0) is 18.1. The van der Waals surface area contributed by atoms with Crippen LogP contribution in [0.5, 0.6) is 0 Å². The van der Waals surface area contributed by atoms with Crippen molar-refractivity contribution >= 4 is 11.9 Å². The first-order chi connectivity index (χ1) is 12.1. The predicted molar refractivity (Wildman–Crippen MR) is 98.4 cm³/mol. The Morgan fingerprint density at radius 1 is 1.00 bits per heavy atom. The number of rotatable bonds is 8. The quantitative estimate of drug-likeness (QED) is 0.748. The van der Waals surface area contributed by atoms with Crippen molar-refractivity contribution in [1.29, 1.82) is 0 Å². The van der Waals surface area contributed by atoms with Crippen LogP contribution in [0.15, 0.2) is 54.6 Å². The molecule has 0 fully saturated rings. The molecular weight excluding hydrogens is 314 g/mol. The first kappa shape index (κ1) is 18.7. The molecule has 2 aromatic carbocycles. The van der Waals surface area contributed by atoms with E-state index in [1.54, 1.807) is 12.1 Å². The van der Waals surface area contributed by atoms with Gasteiger partial charge < -0.3 is 10.1 Å². The van der Waals surface area contributed by atoms with E-state index >= 15 is 0 Å². The SMILES string of the molecule is CC(C)CCNC(=O)COC(=O)c1ccccc1Cc1ccccc1. The van der Waals surface area contributed by atoms with Crippen LogP contribution in [0.1, 0.15) is 41.8 Å². The van der Waals surface area contributed by atoms with Crippen LogP contribution in [0.2, 0.25) is 0 Å². The highest BCUT2D eigenvalue weighted by atomic mass is 16.5. The van der Waals surface area contributed by atoms with Crippen molar-refractivity contribution in [1.82, 2.24) is 5.32 Å². The van der Waals surface area contributed by atoms with E-state index in [0.29, 0.717) is 24.4 Å². The van der Waals surface area contributed by atoms with Crippen LogP contribution < -0.4 is 5.32 Å². The highest BCUT2D eigenvalue weighted by Gasteiger charge is 2.14. The fraction of sp³-hybridized carbons (Fsp3) is 0.333. The van der Waals surface area contributed by atoms with Crippen molar-refractivity contribution in [2.24, 2.45) is 5.92 Å². The second kappa shape index (κ2) is 9.62. The Kier molecular flexibility index (Phi) is 7.20. The van der Waals surface area contributed by atoms with Gasteiger partial charge in [0, 0.05) is 6.54 Å². The molecule has 0 saturated heterocycles. The van der Waals surface area contributed by atoms with Gasteiger partial charge in [-0.05, 0) is 36.0 Å². The maximum atomic E-state index is 12.3. The molecule has 4 nitrogen and oxygen atoms in total. The molecule has 132 valence electrons. The highest BCUT2D eigenvalue weighted by Crippen LogP contribution is 2.15. The van der Waals surface area contributed by atoms with Crippen molar-refractivity contribution in [2.75, 3.05) is 13.2 Å². The van der Waals surface area contributed by atoms with Crippen LogP contribution in [0, 0.1) is 5.92 Å². The maximum absolute atomic E-state index is 12.3. The summed E-state index contributed by atoms with van der Waals surface area (Å²) in [6, 6.07) is 17.3. The summed E-state index contributed by atoms with van der Waals surface area (Å²) >= 11 is 0. The Labute approximate surface area is 149 Å². The van der Waals surface area contributed by atoms with Gasteiger partial charge in [0.15, 0.2) is 6.61 Å². The number of amides is 1. The minimum absolute atomic E-state index is 0.253. The number of carbonyl (C=O) groups is 2. The van der Waals surface area contributed by atoms with E-state index < -0.39 is 5.97 Å². The number of carbonyl (C=O) groups excluding carboxylic acids is 2. The number of hydrogen-bond acceptors (Lipinski definition) is 3. The summed E-state index contributed by atoms with van der Waals surface area (Å²) in [6.07, 6.45) is 1.55. The van der Waals surface area contributed by atoms with E-state index in [2.05, 4.69) is 19.2 Å². The monoisotopic (exact) mass is 339 g/mol. The summed E-state index contributed by atoms with van der Waals surface area (Å²) in [5.41, 5.74) is 2.51. The molecule has 0 atom stereocenters. The predicted octanol–water partition coefficient (Wildman–Crippen LogP) is 3.60. The van der Waals surface area contributed by atoms with Gasteiger partial charge in [-0.3, -0.25) is 4.79 Å². The van der Waals surface area contributed by atoms with Gasteiger partial charge in [0.2, 0.25) is 0 Å². The minimum atomic E-state index is -0.467. The lowest BCUT2D eigenvalue weighted by Crippen LogP contribution is -2.30. The number of nitrogens with one attached hydrogen (secondary N) is 1. The van der Waals surface area contributed by atoms with E-state index in [1.165, 1.54) is 0 Å². The number of benzene rings is 2. The summed E-state index contributed by atoms with van der Waals surface area (Å²) in [5.74, 6) is -0.215. The molecule has 0 aliphatic rings. The van der Waals surface area contributed by atoms with E-state index in [0.717, 1.165) is 17.5 Å². The van der Waals surface area contributed by atoms with E-state index in [1.807, 2.05) is 42.5 Å². The van der Waals surface area contributed by atoms with Crippen LogP contribution in [0.25, 0.3) is 0 Å². The molecule has 0 radical (unpaired) electrons. The third kappa shape index (κ3) is 6.42. The Hall–Kier alpha value is -2.62. The first-order valence-corrected chi connectivity index (χ1v) is 8.62. The Bertz CT molecular complexity index is 695. The van der Waals surface area contributed by atoms with Crippen molar-refractivity contribution in [2.45, 2.75) is 26.7 Å². The second-order valence-electron chi connectivity index (χ2n) is 6.43. The van der Waals surface area contributed by atoms with Crippen molar-refractivity contribution < 1.29 is 14.3 Å². The van der Waals surface area contributed by atoms with Crippen LogP contribution in [0.3, 0.4) is 0 Å². The lowest BCUT2D eigenvalue weighted by molar-refractivity contribution is -0.124. The van der Waals surface area contributed by atoms with E-state index in [4.69, 9.17) is 4.74 Å². The van der Waals surface area contributed by atoms with Gasteiger partial charge in [0.1, 0.15) is 0 Å². The normalized spacial score (nSPS) is 10.5. The highest BCUT2D eigenvalue weighted by molar-refractivity contribution is 5.92. The Morgan fingerprint density at radius 2 is 1.68 bits per heavy atom. The fourth-order valence-electron chi connectivity index (χ4n) is 2.45. The molecule has 25 heavy (non-hydrogen) atoms. The molecule has 0 aliphatic carbocycles. The topological polar surface area (TPSA) is 55.4 Å². The Balaban J connectivity index is 1.92. The van der Waals surface area contributed by atoms with E-state index in [-0.39, 0.29) is 12.5 Å². The van der Waals surface area contributed by atoms with Crippen LogP contribution in [-0.2, 0) is 16.0 Å². The zero-order valence-electron chi connectivity index (χ0n) is 14.8. The number of ether oxygens (including phenoxy) is 1. The molecule has 0 aliphatic heterocycles. The molecule has 4 heteroatoms. The molecule has 0 aromatic heterocycles. The van der Waals surface area contributed by atoms with E-state index in [9.17, 15) is 9.59 Å². The average Bonchev–Trinajstić information content (AvgIpc) is 2.61. The molecule has 0 heterocycles. The molecule has 0 spiro atoms. The molecule has 1 N–H and O–H groups in total. The van der Waals surface area contributed by atoms with Gasteiger partial charge in [0.05, 0.1) is 5.56 Å². The van der Waals surface area contributed by atoms with Gasteiger partial charge in [0.25, 0.3) is 5.91 Å². The second-order valence-corrected chi connectivity index (χ2v) is 6.43. The molecule has 0 unspecified atom stereocenters. The third-order valence-corrected chi connectivity index (χ3v) is 3.85. The maximum Gasteiger partial charge on any atom is 0.338 e. The van der Waals surface area contributed by atoms with Gasteiger partial charge in [-0.25, -0.2) is 4.79 Å². The Morgan fingerprint density at radius 3 is 2.40 bits per heavy atom.